The predicted molar refractivity (Wildman–Crippen MR) is 79.9 cm³/mol. The van der Waals surface area contributed by atoms with Crippen LogP contribution in [0.4, 0.5) is 0 Å². The summed E-state index contributed by atoms with van der Waals surface area (Å²) in [6.07, 6.45) is 1.09. The van der Waals surface area contributed by atoms with Crippen LogP contribution in [0.3, 0.4) is 0 Å². The van der Waals surface area contributed by atoms with Crippen molar-refractivity contribution in [2.24, 2.45) is 5.73 Å². The second-order valence-corrected chi connectivity index (χ2v) is 6.63. The van der Waals surface area contributed by atoms with Gasteiger partial charge in [-0.3, -0.25) is 0 Å². The Kier molecular flexibility index (Phi) is 4.21. The van der Waals surface area contributed by atoms with Gasteiger partial charge in [0.15, 0.2) is 0 Å². The first-order chi connectivity index (χ1) is 7.70. The van der Waals surface area contributed by atoms with Crippen LogP contribution in [0.15, 0.2) is 0 Å². The van der Waals surface area contributed by atoms with E-state index in [2.05, 4.69) is 48.1 Å². The summed E-state index contributed by atoms with van der Waals surface area (Å²) >= 11 is 1.87. The number of hydrogen-bond acceptors (Lipinski definition) is 2. The van der Waals surface area contributed by atoms with Gasteiger partial charge in [0.05, 0.1) is 0 Å². The van der Waals surface area contributed by atoms with Crippen LogP contribution < -0.4 is 15.5 Å². The number of thiophene rings is 1. The van der Waals surface area contributed by atoms with Crippen molar-refractivity contribution in [2.75, 3.05) is 0 Å². The molecule has 1 heterocycles. The molecule has 1 atom stereocenters. The molecule has 0 bridgehead atoms. The second kappa shape index (κ2) is 4.95. The van der Waals surface area contributed by atoms with E-state index in [4.69, 9.17) is 5.73 Å². The first kappa shape index (κ1) is 14.5. The van der Waals surface area contributed by atoms with Crippen molar-refractivity contribution in [3.8, 4) is 0 Å². The molecule has 0 aromatic carbocycles. The fourth-order valence-corrected chi connectivity index (χ4v) is 3.39. The minimum Gasteiger partial charge on any atom is -0.325 e. The summed E-state index contributed by atoms with van der Waals surface area (Å²) in [7, 11) is 0. The summed E-state index contributed by atoms with van der Waals surface area (Å²) in [6.45, 7) is 17.2. The van der Waals surface area contributed by atoms with Gasteiger partial charge in [0.25, 0.3) is 0 Å². The highest BCUT2D eigenvalue weighted by molar-refractivity contribution is 7.10. The minimum atomic E-state index is -0.181. The molecule has 0 radical (unpaired) electrons. The molecule has 1 rings (SSSR count). The molecule has 0 fully saturated rings. The van der Waals surface area contributed by atoms with E-state index >= 15 is 0 Å². The molecule has 0 unspecified atom stereocenters. The van der Waals surface area contributed by atoms with Crippen LogP contribution >= 0.6 is 11.3 Å². The molecular formula is C15H25NS. The fraction of sp³-hybridized carbons (Fsp3) is 0.600. The van der Waals surface area contributed by atoms with Gasteiger partial charge in [0, 0.05) is 20.9 Å². The lowest BCUT2D eigenvalue weighted by Crippen LogP contribution is -2.37. The molecule has 0 amide bonds. The van der Waals surface area contributed by atoms with E-state index in [0.29, 0.717) is 5.92 Å². The Morgan fingerprint density at radius 3 is 2.41 bits per heavy atom. The molecule has 96 valence electrons. The lowest BCUT2D eigenvalue weighted by molar-refractivity contribution is 0.439. The zero-order chi connectivity index (χ0) is 13.4. The average Bonchev–Trinajstić information content (AvgIpc) is 2.53. The molecule has 2 heteroatoms. The smallest absolute Gasteiger partial charge is 0.0331 e. The lowest BCUT2D eigenvalue weighted by Gasteiger charge is -2.26. The third-order valence-corrected chi connectivity index (χ3v) is 5.41. The molecule has 1 aromatic heterocycles. The maximum absolute atomic E-state index is 6.23. The quantitative estimate of drug-likeness (QED) is 0.878. The van der Waals surface area contributed by atoms with Crippen LogP contribution in [-0.4, -0.2) is 5.54 Å². The number of nitrogens with two attached hydrogens (primary N) is 1. The van der Waals surface area contributed by atoms with Gasteiger partial charge in [-0.25, -0.2) is 0 Å². The average molecular weight is 251 g/mol. The van der Waals surface area contributed by atoms with Crippen LogP contribution in [-0.2, 0) is 0 Å². The molecule has 0 spiro atoms. The van der Waals surface area contributed by atoms with Gasteiger partial charge >= 0.3 is 0 Å². The van der Waals surface area contributed by atoms with Gasteiger partial charge in [0.2, 0.25) is 0 Å². The Labute approximate surface area is 109 Å². The fourth-order valence-electron chi connectivity index (χ4n) is 1.82. The number of hydrogen-bond donors (Lipinski definition) is 1. The van der Waals surface area contributed by atoms with Crippen LogP contribution in [0.5, 0.6) is 0 Å². The van der Waals surface area contributed by atoms with Crippen LogP contribution in [0.1, 0.15) is 57.4 Å². The van der Waals surface area contributed by atoms with Crippen molar-refractivity contribution in [3.05, 3.63) is 20.2 Å². The van der Waals surface area contributed by atoms with E-state index in [-0.39, 0.29) is 5.54 Å². The summed E-state index contributed by atoms with van der Waals surface area (Å²) in [5, 5.41) is 1.19. The van der Waals surface area contributed by atoms with Crippen molar-refractivity contribution in [1.82, 2.24) is 0 Å². The molecule has 1 nitrogen and oxygen atoms in total. The first-order valence-corrected chi connectivity index (χ1v) is 7.08. The zero-order valence-corrected chi connectivity index (χ0v) is 12.8. The SMILES string of the molecule is C=c1c(C)c([C@H](C)C(C)(C)N)s/c1=C(\C)CC. The van der Waals surface area contributed by atoms with Crippen molar-refractivity contribution in [2.45, 2.75) is 59.4 Å². The van der Waals surface area contributed by atoms with E-state index in [1.807, 2.05) is 11.3 Å². The standard InChI is InChI=1S/C15H25NS/c1-8-9(2)13-10(3)11(4)14(17-13)12(5)15(6,7)16/h12H,3,8,16H2,1-2,4-7H3/b13-9+/t12-/m0/s1. The third-order valence-electron chi connectivity index (χ3n) is 3.74. The highest BCUT2D eigenvalue weighted by Gasteiger charge is 2.25. The Morgan fingerprint density at radius 1 is 1.47 bits per heavy atom. The monoisotopic (exact) mass is 251 g/mol. The first-order valence-electron chi connectivity index (χ1n) is 6.27. The molecular weight excluding hydrogens is 226 g/mol. The summed E-state index contributed by atoms with van der Waals surface area (Å²) in [5.74, 6) is 0.367. The van der Waals surface area contributed by atoms with E-state index in [9.17, 15) is 0 Å². The Hall–Kier alpha value is -0.600. The zero-order valence-electron chi connectivity index (χ0n) is 12.0. The van der Waals surface area contributed by atoms with Crippen molar-refractivity contribution < 1.29 is 0 Å². The van der Waals surface area contributed by atoms with Crippen molar-refractivity contribution in [1.29, 1.82) is 0 Å². The summed E-state index contributed by atoms with van der Waals surface area (Å²) in [5.41, 5.74) is 8.80. The molecule has 1 aromatic rings. The van der Waals surface area contributed by atoms with Gasteiger partial charge in [-0.2, -0.15) is 0 Å². The minimum absolute atomic E-state index is 0.181. The highest BCUT2D eigenvalue weighted by Crippen LogP contribution is 2.29. The maximum Gasteiger partial charge on any atom is 0.0331 e. The van der Waals surface area contributed by atoms with Gasteiger partial charge in [-0.15, -0.1) is 11.3 Å². The molecule has 0 aliphatic carbocycles. The molecule has 17 heavy (non-hydrogen) atoms. The van der Waals surface area contributed by atoms with E-state index in [0.717, 1.165) is 6.42 Å². The molecule has 0 aliphatic rings. The summed E-state index contributed by atoms with van der Waals surface area (Å²) in [4.78, 5) is 1.39. The highest BCUT2D eigenvalue weighted by atomic mass is 32.1. The van der Waals surface area contributed by atoms with Crippen LogP contribution in [0.2, 0.25) is 0 Å². The van der Waals surface area contributed by atoms with Crippen molar-refractivity contribution in [3.63, 3.8) is 0 Å². The predicted octanol–water partition coefficient (Wildman–Crippen LogP) is 2.89. The number of rotatable bonds is 3. The normalized spacial score (nSPS) is 15.9. The van der Waals surface area contributed by atoms with E-state index in [1.165, 1.54) is 25.8 Å². The maximum atomic E-state index is 6.23. The topological polar surface area (TPSA) is 26.0 Å². The Balaban J connectivity index is 3.46. The van der Waals surface area contributed by atoms with Crippen molar-refractivity contribution >= 4 is 23.5 Å². The van der Waals surface area contributed by atoms with Gasteiger partial charge in [-0.05, 0) is 44.9 Å². The molecule has 0 aliphatic heterocycles. The summed E-state index contributed by atoms with van der Waals surface area (Å²) < 4.78 is 1.36. The third kappa shape index (κ3) is 2.80. The Morgan fingerprint density at radius 2 is 2.00 bits per heavy atom. The molecule has 2 N–H and O–H groups in total. The van der Waals surface area contributed by atoms with Gasteiger partial charge in [0.1, 0.15) is 0 Å². The van der Waals surface area contributed by atoms with Gasteiger partial charge < -0.3 is 5.73 Å². The summed E-state index contributed by atoms with van der Waals surface area (Å²) in [6, 6.07) is 0. The largest absolute Gasteiger partial charge is 0.325 e. The van der Waals surface area contributed by atoms with E-state index in [1.54, 1.807) is 0 Å². The lowest BCUT2D eigenvalue weighted by atomic mass is 9.87. The second-order valence-electron chi connectivity index (χ2n) is 5.58. The van der Waals surface area contributed by atoms with Crippen LogP contribution in [0, 0.1) is 6.92 Å². The Bertz CT molecular complexity index is 502. The van der Waals surface area contributed by atoms with E-state index < -0.39 is 0 Å². The molecule has 0 saturated carbocycles. The molecule has 0 saturated heterocycles. The van der Waals surface area contributed by atoms with Crippen LogP contribution in [0.25, 0.3) is 12.2 Å². The van der Waals surface area contributed by atoms with Gasteiger partial charge in [-0.1, -0.05) is 26.0 Å².